The normalized spacial score (nSPS) is 15.8. The Labute approximate surface area is 148 Å². The van der Waals surface area contributed by atoms with Gasteiger partial charge >= 0.3 is 0 Å². The van der Waals surface area contributed by atoms with Crippen molar-refractivity contribution in [1.29, 1.82) is 0 Å². The second-order valence-corrected chi connectivity index (χ2v) is 7.07. The summed E-state index contributed by atoms with van der Waals surface area (Å²) >= 11 is 0. The molecule has 0 bridgehead atoms. The lowest BCUT2D eigenvalue weighted by Crippen LogP contribution is -2.36. The van der Waals surface area contributed by atoms with E-state index in [0.717, 1.165) is 24.4 Å². The van der Waals surface area contributed by atoms with Crippen molar-refractivity contribution >= 4 is 11.7 Å². The lowest BCUT2D eigenvalue weighted by molar-refractivity contribution is 0.0940. The van der Waals surface area contributed by atoms with Crippen molar-refractivity contribution in [1.82, 2.24) is 29.8 Å². The minimum atomic E-state index is -0.233. The van der Waals surface area contributed by atoms with Gasteiger partial charge in [-0.15, -0.1) is 5.10 Å². The van der Waals surface area contributed by atoms with Crippen LogP contribution in [0, 0.1) is 13.8 Å². The van der Waals surface area contributed by atoms with E-state index in [1.807, 2.05) is 19.9 Å². The Morgan fingerprint density at radius 1 is 1.28 bits per heavy atom. The first kappa shape index (κ1) is 17.8. The highest BCUT2D eigenvalue weighted by molar-refractivity contribution is 5.90. The van der Waals surface area contributed by atoms with Crippen LogP contribution in [0.15, 0.2) is 6.07 Å². The zero-order valence-corrected chi connectivity index (χ0v) is 15.5. The van der Waals surface area contributed by atoms with Gasteiger partial charge < -0.3 is 10.2 Å². The Morgan fingerprint density at radius 3 is 2.80 bits per heavy atom. The van der Waals surface area contributed by atoms with Crippen LogP contribution in [0.4, 0.5) is 0 Å². The summed E-state index contributed by atoms with van der Waals surface area (Å²) in [5, 5.41) is 7.18. The number of fused-ring (bicyclic) bond motifs is 1. The molecular formula is C18H28N6O. The molecule has 0 aliphatic heterocycles. The van der Waals surface area contributed by atoms with E-state index in [1.165, 1.54) is 32.1 Å². The molecule has 0 saturated heterocycles. The number of amides is 1. The van der Waals surface area contributed by atoms with E-state index in [-0.39, 0.29) is 11.7 Å². The number of carbonyl (C=O) groups is 1. The summed E-state index contributed by atoms with van der Waals surface area (Å²) in [5.41, 5.74) is 1.79. The fourth-order valence-corrected chi connectivity index (χ4v) is 3.58. The Bertz CT molecular complexity index is 734. The molecule has 0 atom stereocenters. The minimum Gasteiger partial charge on any atom is -0.349 e. The summed E-state index contributed by atoms with van der Waals surface area (Å²) in [6, 6.07) is 2.63. The van der Waals surface area contributed by atoms with Gasteiger partial charge in [-0.3, -0.25) is 4.79 Å². The molecule has 1 aliphatic rings. The maximum Gasteiger partial charge on any atom is 0.291 e. The first-order valence-electron chi connectivity index (χ1n) is 9.24. The standard InChI is InChI=1S/C18H28N6O/c1-13-12-14(2)24-18(20-13)21-16(22-24)17(25)19-10-7-11-23(3)15-8-5-4-6-9-15/h12,15H,4-11H2,1-3H3,(H,19,25). The molecule has 0 spiro atoms. The van der Waals surface area contributed by atoms with Crippen molar-refractivity contribution in [3.63, 3.8) is 0 Å². The number of nitrogens with one attached hydrogen (secondary N) is 1. The molecule has 2 aromatic heterocycles. The van der Waals surface area contributed by atoms with Crippen LogP contribution < -0.4 is 5.32 Å². The van der Waals surface area contributed by atoms with Crippen LogP contribution >= 0.6 is 0 Å². The van der Waals surface area contributed by atoms with Gasteiger partial charge in [0.15, 0.2) is 0 Å². The third kappa shape index (κ3) is 4.34. The van der Waals surface area contributed by atoms with E-state index < -0.39 is 0 Å². The van der Waals surface area contributed by atoms with Crippen molar-refractivity contribution in [3.8, 4) is 0 Å². The van der Waals surface area contributed by atoms with E-state index >= 15 is 0 Å². The lowest BCUT2D eigenvalue weighted by Gasteiger charge is -2.31. The predicted octanol–water partition coefficient (Wildman–Crippen LogP) is 2.13. The fraction of sp³-hybridized carbons (Fsp3) is 0.667. The van der Waals surface area contributed by atoms with Gasteiger partial charge in [-0.2, -0.15) is 4.98 Å². The average molecular weight is 344 g/mol. The molecular weight excluding hydrogens is 316 g/mol. The topological polar surface area (TPSA) is 75.4 Å². The molecule has 1 N–H and O–H groups in total. The van der Waals surface area contributed by atoms with E-state index in [4.69, 9.17) is 0 Å². The molecule has 7 heteroatoms. The van der Waals surface area contributed by atoms with Gasteiger partial charge in [0.1, 0.15) is 0 Å². The number of nitrogens with zero attached hydrogens (tertiary/aromatic N) is 5. The molecule has 7 nitrogen and oxygen atoms in total. The summed E-state index contributed by atoms with van der Waals surface area (Å²) in [6.07, 6.45) is 7.61. The first-order chi connectivity index (χ1) is 12.0. The minimum absolute atomic E-state index is 0.182. The number of rotatable bonds is 6. The SMILES string of the molecule is Cc1cc(C)n2nc(C(=O)NCCCN(C)C3CCCCC3)nc2n1. The monoisotopic (exact) mass is 344 g/mol. The zero-order valence-electron chi connectivity index (χ0n) is 15.5. The average Bonchev–Trinajstić information content (AvgIpc) is 3.03. The van der Waals surface area contributed by atoms with Crippen molar-refractivity contribution in [3.05, 3.63) is 23.3 Å². The van der Waals surface area contributed by atoms with Gasteiger partial charge in [-0.25, -0.2) is 9.50 Å². The van der Waals surface area contributed by atoms with Crippen LogP contribution in [0.1, 0.15) is 60.5 Å². The fourth-order valence-electron chi connectivity index (χ4n) is 3.58. The zero-order chi connectivity index (χ0) is 17.8. The number of hydrogen-bond acceptors (Lipinski definition) is 5. The van der Waals surface area contributed by atoms with Crippen LogP contribution in [-0.4, -0.2) is 56.6 Å². The Kier molecular flexibility index (Phi) is 5.63. The maximum absolute atomic E-state index is 12.3. The van der Waals surface area contributed by atoms with Crippen LogP contribution in [-0.2, 0) is 0 Å². The second kappa shape index (κ2) is 7.91. The summed E-state index contributed by atoms with van der Waals surface area (Å²) in [6.45, 7) is 5.48. The highest BCUT2D eigenvalue weighted by Gasteiger charge is 2.18. The molecule has 0 radical (unpaired) electrons. The molecule has 136 valence electrons. The quantitative estimate of drug-likeness (QED) is 0.813. The van der Waals surface area contributed by atoms with Gasteiger partial charge in [-0.1, -0.05) is 19.3 Å². The third-order valence-corrected chi connectivity index (χ3v) is 4.99. The molecule has 25 heavy (non-hydrogen) atoms. The van der Waals surface area contributed by atoms with Crippen molar-refractivity contribution in [2.75, 3.05) is 20.1 Å². The number of carbonyl (C=O) groups excluding carboxylic acids is 1. The van der Waals surface area contributed by atoms with Crippen LogP contribution in [0.5, 0.6) is 0 Å². The largest absolute Gasteiger partial charge is 0.349 e. The van der Waals surface area contributed by atoms with Gasteiger partial charge in [0.25, 0.3) is 11.7 Å². The number of aryl methyl sites for hydroxylation is 2. The second-order valence-electron chi connectivity index (χ2n) is 7.07. The Balaban J connectivity index is 1.48. The van der Waals surface area contributed by atoms with Crippen LogP contribution in [0.25, 0.3) is 5.78 Å². The Morgan fingerprint density at radius 2 is 2.04 bits per heavy atom. The molecule has 0 aromatic carbocycles. The molecule has 1 amide bonds. The highest BCUT2D eigenvalue weighted by atomic mass is 16.2. The molecule has 2 heterocycles. The third-order valence-electron chi connectivity index (χ3n) is 4.99. The van der Waals surface area contributed by atoms with E-state index in [2.05, 4.69) is 32.3 Å². The number of aromatic nitrogens is 4. The molecule has 1 saturated carbocycles. The molecule has 1 aliphatic carbocycles. The summed E-state index contributed by atoms with van der Waals surface area (Å²) < 4.78 is 1.61. The molecule has 3 rings (SSSR count). The smallest absolute Gasteiger partial charge is 0.291 e. The van der Waals surface area contributed by atoms with E-state index in [0.29, 0.717) is 18.4 Å². The highest BCUT2D eigenvalue weighted by Crippen LogP contribution is 2.21. The Hall–Kier alpha value is -2.02. The van der Waals surface area contributed by atoms with Crippen molar-refractivity contribution in [2.24, 2.45) is 0 Å². The van der Waals surface area contributed by atoms with Gasteiger partial charge in [-0.05, 0) is 52.8 Å². The summed E-state index contributed by atoms with van der Waals surface area (Å²) in [5.74, 6) is 0.421. The molecule has 0 unspecified atom stereocenters. The van der Waals surface area contributed by atoms with Gasteiger partial charge in [0, 0.05) is 24.0 Å². The molecule has 2 aromatic rings. The van der Waals surface area contributed by atoms with Crippen molar-refractivity contribution in [2.45, 2.75) is 58.4 Å². The lowest BCUT2D eigenvalue weighted by atomic mass is 9.94. The van der Waals surface area contributed by atoms with Gasteiger partial charge in [0.05, 0.1) is 0 Å². The predicted molar refractivity (Wildman–Crippen MR) is 96.7 cm³/mol. The molecule has 1 fully saturated rings. The van der Waals surface area contributed by atoms with E-state index in [1.54, 1.807) is 4.52 Å². The van der Waals surface area contributed by atoms with Crippen LogP contribution in [0.2, 0.25) is 0 Å². The summed E-state index contributed by atoms with van der Waals surface area (Å²) in [7, 11) is 2.19. The van der Waals surface area contributed by atoms with Gasteiger partial charge in [0.2, 0.25) is 5.82 Å². The van der Waals surface area contributed by atoms with E-state index in [9.17, 15) is 4.79 Å². The maximum atomic E-state index is 12.3. The van der Waals surface area contributed by atoms with Crippen molar-refractivity contribution < 1.29 is 4.79 Å². The number of hydrogen-bond donors (Lipinski definition) is 1. The van der Waals surface area contributed by atoms with Crippen LogP contribution in [0.3, 0.4) is 0 Å². The first-order valence-corrected chi connectivity index (χ1v) is 9.24. The summed E-state index contributed by atoms with van der Waals surface area (Å²) in [4.78, 5) is 23.3.